The molecular formula is C17H33N3. The van der Waals surface area contributed by atoms with E-state index in [1.807, 2.05) is 0 Å². The molecule has 116 valence electrons. The molecule has 3 fully saturated rings. The first-order chi connectivity index (χ1) is 9.49. The lowest BCUT2D eigenvalue weighted by molar-refractivity contribution is -0.00163. The Kier molecular flexibility index (Phi) is 4.13. The zero-order valence-electron chi connectivity index (χ0n) is 13.9. The van der Waals surface area contributed by atoms with Gasteiger partial charge in [0.25, 0.3) is 0 Å². The number of likely N-dealkylation sites (tertiary alicyclic amines) is 1. The van der Waals surface area contributed by atoms with Gasteiger partial charge >= 0.3 is 0 Å². The molecule has 0 spiro atoms. The van der Waals surface area contributed by atoms with Crippen LogP contribution in [-0.4, -0.2) is 60.6 Å². The van der Waals surface area contributed by atoms with Gasteiger partial charge in [-0.05, 0) is 64.6 Å². The summed E-state index contributed by atoms with van der Waals surface area (Å²) in [4.78, 5) is 5.38. The van der Waals surface area contributed by atoms with Gasteiger partial charge in [-0.15, -0.1) is 0 Å². The summed E-state index contributed by atoms with van der Waals surface area (Å²) in [5.74, 6) is 1.69. The number of piperazine rings is 1. The van der Waals surface area contributed by atoms with Gasteiger partial charge < -0.3 is 10.2 Å². The maximum Gasteiger partial charge on any atom is 0.0309 e. The average Bonchev–Trinajstić information content (AvgIpc) is 3.24. The van der Waals surface area contributed by atoms with Crippen molar-refractivity contribution in [3.63, 3.8) is 0 Å². The lowest BCUT2D eigenvalue weighted by Crippen LogP contribution is -2.67. The van der Waals surface area contributed by atoms with E-state index in [2.05, 4.69) is 42.9 Å². The predicted octanol–water partition coefficient (Wildman–Crippen LogP) is 2.18. The monoisotopic (exact) mass is 279 g/mol. The van der Waals surface area contributed by atoms with Crippen molar-refractivity contribution in [2.75, 3.05) is 33.2 Å². The van der Waals surface area contributed by atoms with Crippen LogP contribution in [0, 0.1) is 11.8 Å². The Hall–Kier alpha value is -0.120. The lowest BCUT2D eigenvalue weighted by atomic mass is 9.85. The maximum absolute atomic E-state index is 3.91. The third-order valence-electron chi connectivity index (χ3n) is 6.06. The number of piperidine rings is 1. The molecule has 2 aliphatic heterocycles. The van der Waals surface area contributed by atoms with Crippen LogP contribution in [0.25, 0.3) is 0 Å². The zero-order chi connectivity index (χ0) is 14.3. The Labute approximate surface area is 125 Å². The number of hydrogen-bond donors (Lipinski definition) is 1. The van der Waals surface area contributed by atoms with Crippen LogP contribution in [0.5, 0.6) is 0 Å². The first-order valence-corrected chi connectivity index (χ1v) is 8.69. The fourth-order valence-corrected chi connectivity index (χ4v) is 4.35. The van der Waals surface area contributed by atoms with Gasteiger partial charge in [-0.25, -0.2) is 0 Å². The van der Waals surface area contributed by atoms with Crippen LogP contribution in [0.2, 0.25) is 0 Å². The van der Waals surface area contributed by atoms with E-state index in [0.717, 1.165) is 23.9 Å². The van der Waals surface area contributed by atoms with E-state index in [0.29, 0.717) is 5.54 Å². The highest BCUT2D eigenvalue weighted by Crippen LogP contribution is 2.42. The molecular weight excluding hydrogens is 246 g/mol. The summed E-state index contributed by atoms with van der Waals surface area (Å²) in [6, 6.07) is 1.55. The second-order valence-corrected chi connectivity index (χ2v) is 8.09. The molecule has 0 bridgehead atoms. The van der Waals surface area contributed by atoms with Crippen LogP contribution in [-0.2, 0) is 0 Å². The quantitative estimate of drug-likeness (QED) is 0.854. The number of rotatable bonds is 3. The average molecular weight is 279 g/mol. The van der Waals surface area contributed by atoms with Gasteiger partial charge in [-0.2, -0.15) is 0 Å². The van der Waals surface area contributed by atoms with Crippen molar-refractivity contribution in [3.05, 3.63) is 0 Å². The molecule has 2 unspecified atom stereocenters. The summed E-state index contributed by atoms with van der Waals surface area (Å²) in [7, 11) is 2.27. The molecule has 0 aromatic rings. The fraction of sp³-hybridized carbons (Fsp3) is 1.00. The smallest absolute Gasteiger partial charge is 0.0309 e. The second-order valence-electron chi connectivity index (χ2n) is 8.09. The van der Waals surface area contributed by atoms with E-state index in [9.17, 15) is 0 Å². The van der Waals surface area contributed by atoms with E-state index in [-0.39, 0.29) is 0 Å². The third kappa shape index (κ3) is 2.90. The zero-order valence-corrected chi connectivity index (χ0v) is 13.9. The van der Waals surface area contributed by atoms with E-state index in [4.69, 9.17) is 0 Å². The van der Waals surface area contributed by atoms with Gasteiger partial charge in [0.2, 0.25) is 0 Å². The van der Waals surface area contributed by atoms with Crippen LogP contribution >= 0.6 is 0 Å². The number of hydrogen-bond acceptors (Lipinski definition) is 3. The van der Waals surface area contributed by atoms with Crippen LogP contribution in [0.3, 0.4) is 0 Å². The SMILES string of the molecule is CC(C)C1CNC(C)(C2CC2)CN1C1CCN(C)CC1. The molecule has 20 heavy (non-hydrogen) atoms. The molecule has 1 N–H and O–H groups in total. The highest BCUT2D eigenvalue weighted by atomic mass is 15.3. The second kappa shape index (κ2) is 5.58. The fourth-order valence-electron chi connectivity index (χ4n) is 4.35. The van der Waals surface area contributed by atoms with Crippen molar-refractivity contribution in [2.24, 2.45) is 11.8 Å². The Bertz CT molecular complexity index is 331. The molecule has 0 radical (unpaired) electrons. The highest BCUT2D eigenvalue weighted by molar-refractivity contribution is 5.05. The van der Waals surface area contributed by atoms with Crippen LogP contribution < -0.4 is 5.32 Å². The van der Waals surface area contributed by atoms with E-state index in [1.54, 1.807) is 0 Å². The molecule has 1 saturated carbocycles. The molecule has 1 aliphatic carbocycles. The molecule has 0 aromatic carbocycles. The lowest BCUT2D eigenvalue weighted by Gasteiger charge is -2.52. The van der Waals surface area contributed by atoms with Crippen LogP contribution in [0.4, 0.5) is 0 Å². The summed E-state index contributed by atoms with van der Waals surface area (Å²) in [6.45, 7) is 12.3. The van der Waals surface area contributed by atoms with Crippen molar-refractivity contribution < 1.29 is 0 Å². The normalized spacial score (nSPS) is 38.5. The predicted molar refractivity (Wildman–Crippen MR) is 85.0 cm³/mol. The first-order valence-electron chi connectivity index (χ1n) is 8.69. The number of nitrogens with zero attached hydrogens (tertiary/aromatic N) is 2. The molecule has 0 aromatic heterocycles. The van der Waals surface area contributed by atoms with E-state index in [1.165, 1.54) is 51.9 Å². The molecule has 2 heterocycles. The topological polar surface area (TPSA) is 18.5 Å². The van der Waals surface area contributed by atoms with Gasteiger partial charge in [0, 0.05) is 30.7 Å². The minimum atomic E-state index is 0.384. The van der Waals surface area contributed by atoms with Crippen molar-refractivity contribution in [3.8, 4) is 0 Å². The summed E-state index contributed by atoms with van der Waals surface area (Å²) in [5.41, 5.74) is 0.384. The summed E-state index contributed by atoms with van der Waals surface area (Å²) in [6.07, 6.45) is 5.61. The Balaban J connectivity index is 1.71. The maximum atomic E-state index is 3.91. The van der Waals surface area contributed by atoms with Gasteiger partial charge in [-0.3, -0.25) is 4.90 Å². The standard InChI is InChI=1S/C17H33N3/c1-13(2)16-11-18-17(3,14-5-6-14)12-20(16)15-7-9-19(4)10-8-15/h13-16,18H,5-12H2,1-4H3. The van der Waals surface area contributed by atoms with Crippen LogP contribution in [0.15, 0.2) is 0 Å². The largest absolute Gasteiger partial charge is 0.308 e. The highest BCUT2D eigenvalue weighted by Gasteiger charge is 2.47. The Morgan fingerprint density at radius 2 is 1.75 bits per heavy atom. The molecule has 3 heteroatoms. The van der Waals surface area contributed by atoms with E-state index < -0.39 is 0 Å². The third-order valence-corrected chi connectivity index (χ3v) is 6.06. The van der Waals surface area contributed by atoms with E-state index >= 15 is 0 Å². The molecule has 3 nitrogen and oxygen atoms in total. The molecule has 3 aliphatic rings. The summed E-state index contributed by atoms with van der Waals surface area (Å²) >= 11 is 0. The van der Waals surface area contributed by atoms with Gasteiger partial charge in [0.1, 0.15) is 0 Å². The van der Waals surface area contributed by atoms with Crippen molar-refractivity contribution in [1.82, 2.24) is 15.1 Å². The first kappa shape index (κ1) is 14.8. The van der Waals surface area contributed by atoms with Crippen LogP contribution in [0.1, 0.15) is 46.5 Å². The minimum Gasteiger partial charge on any atom is -0.308 e. The molecule has 0 amide bonds. The molecule has 2 saturated heterocycles. The molecule has 3 rings (SSSR count). The Morgan fingerprint density at radius 3 is 2.30 bits per heavy atom. The summed E-state index contributed by atoms with van der Waals surface area (Å²) in [5, 5.41) is 3.91. The minimum absolute atomic E-state index is 0.384. The van der Waals surface area contributed by atoms with Crippen molar-refractivity contribution in [2.45, 2.75) is 64.1 Å². The van der Waals surface area contributed by atoms with Gasteiger partial charge in [0.15, 0.2) is 0 Å². The van der Waals surface area contributed by atoms with Gasteiger partial charge in [-0.1, -0.05) is 13.8 Å². The summed E-state index contributed by atoms with van der Waals surface area (Å²) < 4.78 is 0. The molecule has 2 atom stereocenters. The number of nitrogens with one attached hydrogen (secondary N) is 1. The van der Waals surface area contributed by atoms with Crippen molar-refractivity contribution in [1.29, 1.82) is 0 Å². The Morgan fingerprint density at radius 1 is 1.10 bits per heavy atom. The van der Waals surface area contributed by atoms with Gasteiger partial charge in [0.05, 0.1) is 0 Å². The van der Waals surface area contributed by atoms with Crippen molar-refractivity contribution >= 4 is 0 Å².